The lowest BCUT2D eigenvalue weighted by atomic mass is 11.1. The molecular weight excluding hydrogens is 162 g/mol. The Kier molecular flexibility index (Phi) is 3.10. The minimum Gasteiger partial charge on any atom is -0.431 e. The van der Waals surface area contributed by atoms with Gasteiger partial charge in [-0.1, -0.05) is 0 Å². The maximum Gasteiger partial charge on any atom is 0.407 e. The van der Waals surface area contributed by atoms with Gasteiger partial charge in [0.25, 0.3) is 0 Å². The number of nitrogens with one attached hydrogen (secondary N) is 1. The molecule has 6 nitrogen and oxygen atoms in total. The van der Waals surface area contributed by atoms with Crippen molar-refractivity contribution in [2.75, 3.05) is 13.0 Å². The fourth-order valence-corrected chi connectivity index (χ4v) is 0.456. The highest BCUT2D eigenvalue weighted by atomic mass is 32.2. The fraction of sp³-hybridized carbons (Fsp3) is 0.667. The normalized spacial score (nSPS) is 10.6. The van der Waals surface area contributed by atoms with Gasteiger partial charge in [-0.3, -0.25) is 4.55 Å². The van der Waals surface area contributed by atoms with Crippen molar-refractivity contribution in [3.05, 3.63) is 0 Å². The van der Waals surface area contributed by atoms with E-state index < -0.39 is 22.2 Å². The van der Waals surface area contributed by atoms with Crippen molar-refractivity contribution in [1.82, 2.24) is 5.32 Å². The van der Waals surface area contributed by atoms with E-state index in [0.29, 0.717) is 0 Å². The number of alkyl carbamates (subject to hydrolysis) is 1. The van der Waals surface area contributed by atoms with Gasteiger partial charge in [0, 0.05) is 7.05 Å². The summed E-state index contributed by atoms with van der Waals surface area (Å²) in [6, 6.07) is 0. The maximum absolute atomic E-state index is 10.1. The van der Waals surface area contributed by atoms with Gasteiger partial charge in [-0.05, 0) is 0 Å². The first-order valence-electron chi connectivity index (χ1n) is 2.25. The predicted octanol–water partition coefficient (Wildman–Crippen LogP) is -0.812. The first-order chi connectivity index (χ1) is 4.45. The van der Waals surface area contributed by atoms with Crippen molar-refractivity contribution < 1.29 is 22.5 Å². The average molecular weight is 169 g/mol. The standard InChI is InChI=1S/C3H7NO5S/c1-4-3(5)9-2-10(6,7)8/h2H2,1H3,(H,4,5)(H,6,7,8). The fourth-order valence-electron chi connectivity index (χ4n) is 0.200. The molecule has 0 saturated carbocycles. The minimum absolute atomic E-state index is 0.905. The monoisotopic (exact) mass is 169 g/mol. The van der Waals surface area contributed by atoms with Crippen LogP contribution in [0.1, 0.15) is 0 Å². The molecule has 7 heteroatoms. The molecule has 0 rings (SSSR count). The second-order valence-electron chi connectivity index (χ2n) is 1.38. The van der Waals surface area contributed by atoms with Gasteiger partial charge in [0.15, 0.2) is 0 Å². The van der Waals surface area contributed by atoms with Gasteiger partial charge >= 0.3 is 16.2 Å². The second kappa shape index (κ2) is 3.37. The van der Waals surface area contributed by atoms with Crippen molar-refractivity contribution in [2.45, 2.75) is 0 Å². The van der Waals surface area contributed by atoms with Crippen LogP contribution in [0.25, 0.3) is 0 Å². The summed E-state index contributed by atoms with van der Waals surface area (Å²) in [5.41, 5.74) is 0. The van der Waals surface area contributed by atoms with Crippen molar-refractivity contribution in [1.29, 1.82) is 0 Å². The number of hydrogen-bond donors (Lipinski definition) is 2. The molecule has 0 unspecified atom stereocenters. The van der Waals surface area contributed by atoms with Crippen LogP contribution in [-0.2, 0) is 14.9 Å². The highest BCUT2D eigenvalue weighted by molar-refractivity contribution is 7.85. The number of carbonyl (C=O) groups is 1. The van der Waals surface area contributed by atoms with E-state index in [-0.39, 0.29) is 0 Å². The summed E-state index contributed by atoms with van der Waals surface area (Å²) in [6.07, 6.45) is -0.905. The molecule has 0 atom stereocenters. The molecule has 1 amide bonds. The zero-order chi connectivity index (χ0) is 8.20. The molecular formula is C3H7NO5S. The molecule has 0 heterocycles. The largest absolute Gasteiger partial charge is 0.431 e. The Balaban J connectivity index is 3.67. The zero-order valence-electron chi connectivity index (χ0n) is 5.20. The van der Waals surface area contributed by atoms with Crippen LogP contribution in [0.3, 0.4) is 0 Å². The number of hydrogen-bond acceptors (Lipinski definition) is 4. The quantitative estimate of drug-likeness (QED) is 0.527. The van der Waals surface area contributed by atoms with Crippen LogP contribution in [0.4, 0.5) is 4.79 Å². The van der Waals surface area contributed by atoms with E-state index in [1.54, 1.807) is 0 Å². The molecule has 0 aliphatic rings. The average Bonchev–Trinajstić information content (AvgIpc) is 1.81. The third kappa shape index (κ3) is 5.32. The molecule has 60 valence electrons. The summed E-state index contributed by atoms with van der Waals surface area (Å²) in [5, 5.41) is 2.00. The predicted molar refractivity (Wildman–Crippen MR) is 32.0 cm³/mol. The minimum atomic E-state index is -4.21. The van der Waals surface area contributed by atoms with Gasteiger partial charge in [0.05, 0.1) is 0 Å². The lowest BCUT2D eigenvalue weighted by Crippen LogP contribution is -2.22. The van der Waals surface area contributed by atoms with Crippen molar-refractivity contribution in [2.24, 2.45) is 0 Å². The second-order valence-corrected chi connectivity index (χ2v) is 2.78. The summed E-state index contributed by atoms with van der Waals surface area (Å²) in [6.45, 7) is 0. The zero-order valence-corrected chi connectivity index (χ0v) is 6.01. The van der Waals surface area contributed by atoms with Crippen molar-refractivity contribution in [3.8, 4) is 0 Å². The molecule has 0 radical (unpaired) electrons. The molecule has 2 N–H and O–H groups in total. The molecule has 0 bridgehead atoms. The van der Waals surface area contributed by atoms with Crippen LogP contribution < -0.4 is 5.32 Å². The summed E-state index contributed by atoms with van der Waals surface area (Å²) in [7, 11) is -2.94. The Hall–Kier alpha value is -0.820. The van der Waals surface area contributed by atoms with Crippen molar-refractivity contribution >= 4 is 16.2 Å². The van der Waals surface area contributed by atoms with E-state index >= 15 is 0 Å². The molecule has 0 aliphatic heterocycles. The van der Waals surface area contributed by atoms with Gasteiger partial charge in [0.2, 0.25) is 5.94 Å². The van der Waals surface area contributed by atoms with Gasteiger partial charge in [-0.15, -0.1) is 0 Å². The van der Waals surface area contributed by atoms with E-state index in [1.165, 1.54) is 7.05 Å². The molecule has 0 saturated heterocycles. The lowest BCUT2D eigenvalue weighted by Gasteiger charge is -1.98. The first-order valence-corrected chi connectivity index (χ1v) is 3.86. The van der Waals surface area contributed by atoms with Crippen LogP contribution >= 0.6 is 0 Å². The molecule has 10 heavy (non-hydrogen) atoms. The van der Waals surface area contributed by atoms with E-state index in [0.717, 1.165) is 0 Å². The summed E-state index contributed by atoms with van der Waals surface area (Å²) >= 11 is 0. The molecule has 0 aromatic rings. The van der Waals surface area contributed by atoms with E-state index in [2.05, 4.69) is 4.74 Å². The Morgan fingerprint density at radius 2 is 2.20 bits per heavy atom. The smallest absolute Gasteiger partial charge is 0.407 e. The van der Waals surface area contributed by atoms with E-state index in [1.807, 2.05) is 5.32 Å². The van der Waals surface area contributed by atoms with Crippen LogP contribution in [0.5, 0.6) is 0 Å². The molecule has 0 spiro atoms. The van der Waals surface area contributed by atoms with Crippen LogP contribution in [0.2, 0.25) is 0 Å². The third-order valence-corrected chi connectivity index (χ3v) is 0.959. The van der Waals surface area contributed by atoms with Crippen LogP contribution in [0.15, 0.2) is 0 Å². The molecule has 0 aromatic carbocycles. The number of amides is 1. The van der Waals surface area contributed by atoms with Gasteiger partial charge in [-0.2, -0.15) is 8.42 Å². The first kappa shape index (κ1) is 9.18. The molecule has 0 aromatic heterocycles. The number of rotatable bonds is 2. The van der Waals surface area contributed by atoms with E-state index in [9.17, 15) is 13.2 Å². The highest BCUT2D eigenvalue weighted by Gasteiger charge is 2.07. The maximum atomic E-state index is 10.1. The molecule has 0 fully saturated rings. The van der Waals surface area contributed by atoms with Crippen LogP contribution in [0, 0.1) is 0 Å². The number of carbonyl (C=O) groups excluding carboxylic acids is 1. The SMILES string of the molecule is CNC(=O)OCS(=O)(=O)O. The third-order valence-electron chi connectivity index (χ3n) is 0.543. The Morgan fingerprint density at radius 3 is 2.50 bits per heavy atom. The van der Waals surface area contributed by atoms with Gasteiger partial charge < -0.3 is 10.1 Å². The Morgan fingerprint density at radius 1 is 1.70 bits per heavy atom. The summed E-state index contributed by atoms with van der Waals surface area (Å²) in [5.74, 6) is -1.02. The van der Waals surface area contributed by atoms with Gasteiger partial charge in [-0.25, -0.2) is 4.79 Å². The Bertz CT molecular complexity index is 207. The topological polar surface area (TPSA) is 92.7 Å². The van der Waals surface area contributed by atoms with Gasteiger partial charge in [0.1, 0.15) is 0 Å². The summed E-state index contributed by atoms with van der Waals surface area (Å²) in [4.78, 5) is 10.1. The van der Waals surface area contributed by atoms with Crippen LogP contribution in [-0.4, -0.2) is 32.1 Å². The summed E-state index contributed by atoms with van der Waals surface area (Å²) < 4.78 is 31.8. The lowest BCUT2D eigenvalue weighted by molar-refractivity contribution is 0.163. The molecule has 0 aliphatic carbocycles. The Labute approximate surface area is 57.9 Å². The van der Waals surface area contributed by atoms with Crippen molar-refractivity contribution in [3.63, 3.8) is 0 Å². The number of ether oxygens (including phenoxy) is 1. The highest BCUT2D eigenvalue weighted by Crippen LogP contribution is 1.83. The van der Waals surface area contributed by atoms with E-state index in [4.69, 9.17) is 4.55 Å².